The molecule has 0 saturated carbocycles. The summed E-state index contributed by atoms with van der Waals surface area (Å²) in [5.41, 5.74) is 2.98. The van der Waals surface area contributed by atoms with E-state index in [1.165, 1.54) is 0 Å². The van der Waals surface area contributed by atoms with E-state index in [0.717, 1.165) is 33.7 Å². The predicted octanol–water partition coefficient (Wildman–Crippen LogP) is 1.98. The van der Waals surface area contributed by atoms with Crippen molar-refractivity contribution in [2.45, 2.75) is 24.7 Å². The van der Waals surface area contributed by atoms with Gasteiger partial charge in [0, 0.05) is 53.0 Å². The van der Waals surface area contributed by atoms with Crippen LogP contribution in [0.3, 0.4) is 0 Å². The van der Waals surface area contributed by atoms with E-state index in [0.29, 0.717) is 30.8 Å². The number of sulfone groups is 1. The van der Waals surface area contributed by atoms with Gasteiger partial charge < -0.3 is 4.98 Å². The maximum absolute atomic E-state index is 12.2. The Balaban J connectivity index is 1.64. The average Bonchev–Trinajstić information content (AvgIpc) is 2.95. The van der Waals surface area contributed by atoms with Crippen LogP contribution in [0.15, 0.2) is 38.8 Å². The Morgan fingerprint density at radius 1 is 1.35 bits per heavy atom. The highest BCUT2D eigenvalue weighted by molar-refractivity contribution is 9.10. The Kier molecular flexibility index (Phi) is 4.25. The van der Waals surface area contributed by atoms with Gasteiger partial charge in [-0.25, -0.2) is 13.4 Å². The van der Waals surface area contributed by atoms with Crippen LogP contribution in [0.5, 0.6) is 0 Å². The van der Waals surface area contributed by atoms with Gasteiger partial charge in [-0.05, 0) is 24.1 Å². The van der Waals surface area contributed by atoms with Crippen molar-refractivity contribution in [1.29, 1.82) is 0 Å². The molecule has 3 aromatic rings. The van der Waals surface area contributed by atoms with E-state index in [2.05, 4.69) is 41.8 Å². The zero-order valence-electron chi connectivity index (χ0n) is 14.0. The van der Waals surface area contributed by atoms with Crippen molar-refractivity contribution in [3.63, 3.8) is 0 Å². The molecule has 2 N–H and O–H groups in total. The number of H-pyrrole nitrogens is 2. The van der Waals surface area contributed by atoms with E-state index in [1.807, 2.05) is 18.3 Å². The molecule has 1 aliphatic heterocycles. The number of benzene rings is 1. The molecule has 0 bridgehead atoms. The van der Waals surface area contributed by atoms with Crippen LogP contribution in [-0.4, -0.2) is 41.1 Å². The minimum absolute atomic E-state index is 0.264. The first kappa shape index (κ1) is 17.4. The van der Waals surface area contributed by atoms with Crippen molar-refractivity contribution < 1.29 is 8.42 Å². The number of halogens is 1. The van der Waals surface area contributed by atoms with Gasteiger partial charge in [0.05, 0.1) is 5.69 Å². The molecule has 0 spiro atoms. The van der Waals surface area contributed by atoms with Crippen LogP contribution >= 0.6 is 15.9 Å². The van der Waals surface area contributed by atoms with Gasteiger partial charge in [0.15, 0.2) is 0 Å². The van der Waals surface area contributed by atoms with Crippen molar-refractivity contribution in [3.05, 3.63) is 56.0 Å². The Morgan fingerprint density at radius 3 is 2.92 bits per heavy atom. The van der Waals surface area contributed by atoms with Gasteiger partial charge in [-0.2, -0.15) is 0 Å². The largest absolute Gasteiger partial charge is 0.361 e. The zero-order chi connectivity index (χ0) is 18.5. The van der Waals surface area contributed by atoms with Gasteiger partial charge >= 0.3 is 0 Å². The molecule has 0 aliphatic carbocycles. The molecule has 26 heavy (non-hydrogen) atoms. The van der Waals surface area contributed by atoms with Gasteiger partial charge in [-0.3, -0.25) is 14.7 Å². The minimum Gasteiger partial charge on any atom is -0.361 e. The van der Waals surface area contributed by atoms with Crippen molar-refractivity contribution in [1.82, 2.24) is 19.9 Å². The lowest BCUT2D eigenvalue weighted by molar-refractivity contribution is 0.240. The van der Waals surface area contributed by atoms with Crippen LogP contribution in [0.4, 0.5) is 0 Å². The summed E-state index contributed by atoms with van der Waals surface area (Å²) in [6, 6.07) is 6.10. The third-order valence-electron chi connectivity index (χ3n) is 4.61. The third kappa shape index (κ3) is 3.22. The molecular weight excluding hydrogens is 420 g/mol. The molecule has 136 valence electrons. The second-order valence-electron chi connectivity index (χ2n) is 6.53. The summed E-state index contributed by atoms with van der Waals surface area (Å²) in [5.74, 6) is 0. The molecule has 2 aromatic heterocycles. The van der Waals surface area contributed by atoms with Crippen LogP contribution in [-0.2, 0) is 29.3 Å². The zero-order valence-corrected chi connectivity index (χ0v) is 16.4. The van der Waals surface area contributed by atoms with Crippen molar-refractivity contribution in [2.75, 3.05) is 12.8 Å². The molecule has 1 aliphatic rings. The Morgan fingerprint density at radius 2 is 2.15 bits per heavy atom. The first-order valence-electron chi connectivity index (χ1n) is 8.11. The van der Waals surface area contributed by atoms with Crippen molar-refractivity contribution in [3.8, 4) is 0 Å². The number of fused-ring (bicyclic) bond motifs is 2. The standard InChI is InChI=1S/C17H17BrN4O3S/c1-26(24,25)17-20-15-9-22(5-4-13(15)16(23)21-17)8-10-7-19-14-6-11(18)2-3-12(10)14/h2-3,6-7,19H,4-5,8-9H2,1H3,(H,20,21,23). The smallest absolute Gasteiger partial charge is 0.255 e. The molecule has 4 rings (SSSR count). The molecular formula is C17H17BrN4O3S. The summed E-state index contributed by atoms with van der Waals surface area (Å²) < 4.78 is 24.5. The van der Waals surface area contributed by atoms with Crippen LogP contribution in [0.1, 0.15) is 16.8 Å². The molecule has 7 nitrogen and oxygen atoms in total. The van der Waals surface area contributed by atoms with Crippen molar-refractivity contribution in [2.24, 2.45) is 0 Å². The van der Waals surface area contributed by atoms with E-state index in [9.17, 15) is 13.2 Å². The molecule has 1 aromatic carbocycles. The summed E-state index contributed by atoms with van der Waals surface area (Å²) in [6.07, 6.45) is 3.58. The molecule has 0 fully saturated rings. The highest BCUT2D eigenvalue weighted by Crippen LogP contribution is 2.25. The van der Waals surface area contributed by atoms with E-state index < -0.39 is 9.84 Å². The van der Waals surface area contributed by atoms with Crippen LogP contribution < -0.4 is 5.56 Å². The molecule has 0 amide bonds. The number of hydrogen-bond donors (Lipinski definition) is 2. The summed E-state index contributed by atoms with van der Waals surface area (Å²) in [4.78, 5) is 24.2. The maximum atomic E-state index is 12.2. The second-order valence-corrected chi connectivity index (χ2v) is 9.38. The Hall–Kier alpha value is -1.97. The second kappa shape index (κ2) is 6.33. The lowest BCUT2D eigenvalue weighted by Gasteiger charge is -2.27. The van der Waals surface area contributed by atoms with Gasteiger partial charge in [-0.15, -0.1) is 0 Å². The number of nitrogens with one attached hydrogen (secondary N) is 2. The van der Waals surface area contributed by atoms with Gasteiger partial charge in [0.2, 0.25) is 15.0 Å². The molecule has 3 heterocycles. The fraction of sp³-hybridized carbons (Fsp3) is 0.294. The summed E-state index contributed by atoms with van der Waals surface area (Å²) >= 11 is 3.47. The number of hydrogen-bond acceptors (Lipinski definition) is 5. The van der Waals surface area contributed by atoms with Gasteiger partial charge in [0.25, 0.3) is 5.56 Å². The van der Waals surface area contributed by atoms with E-state index in [-0.39, 0.29) is 10.7 Å². The van der Waals surface area contributed by atoms with E-state index in [4.69, 9.17) is 0 Å². The Bertz CT molecular complexity index is 1170. The van der Waals surface area contributed by atoms with Crippen molar-refractivity contribution >= 4 is 36.7 Å². The van der Waals surface area contributed by atoms with Gasteiger partial charge in [0.1, 0.15) is 0 Å². The molecule has 0 unspecified atom stereocenters. The fourth-order valence-corrected chi connectivity index (χ4v) is 4.23. The topological polar surface area (TPSA) is 98.9 Å². The quantitative estimate of drug-likeness (QED) is 0.611. The summed E-state index contributed by atoms with van der Waals surface area (Å²) in [6.45, 7) is 1.87. The van der Waals surface area contributed by atoms with E-state index >= 15 is 0 Å². The van der Waals surface area contributed by atoms with Crippen LogP contribution in [0, 0.1) is 0 Å². The molecule has 0 radical (unpaired) electrons. The van der Waals surface area contributed by atoms with Crippen LogP contribution in [0.2, 0.25) is 0 Å². The predicted molar refractivity (Wildman–Crippen MR) is 102 cm³/mol. The highest BCUT2D eigenvalue weighted by Gasteiger charge is 2.24. The molecule has 0 atom stereocenters. The van der Waals surface area contributed by atoms with E-state index in [1.54, 1.807) is 0 Å². The third-order valence-corrected chi connectivity index (χ3v) is 5.99. The SMILES string of the molecule is CS(=O)(=O)c1nc2c(c(=O)[nH]1)CCN(Cc1c[nH]c3cc(Br)ccc13)C2. The first-order chi connectivity index (χ1) is 12.3. The van der Waals surface area contributed by atoms with Crippen LogP contribution in [0.25, 0.3) is 10.9 Å². The number of nitrogens with zero attached hydrogens (tertiary/aromatic N) is 2. The normalized spacial score (nSPS) is 15.3. The molecule has 9 heteroatoms. The van der Waals surface area contributed by atoms with Gasteiger partial charge in [-0.1, -0.05) is 22.0 Å². The lowest BCUT2D eigenvalue weighted by atomic mass is 10.1. The number of rotatable bonds is 3. The monoisotopic (exact) mass is 436 g/mol. The Labute approximate surface area is 158 Å². The maximum Gasteiger partial charge on any atom is 0.255 e. The fourth-order valence-electron chi connectivity index (χ4n) is 3.31. The first-order valence-corrected chi connectivity index (χ1v) is 10.8. The summed E-state index contributed by atoms with van der Waals surface area (Å²) in [7, 11) is -3.55. The number of aromatic nitrogens is 3. The molecule has 0 saturated heterocycles. The summed E-state index contributed by atoms with van der Waals surface area (Å²) in [5, 5.41) is 0.884. The minimum atomic E-state index is -3.55. The lowest BCUT2D eigenvalue weighted by Crippen LogP contribution is -2.35. The average molecular weight is 437 g/mol. The highest BCUT2D eigenvalue weighted by atomic mass is 79.9. The number of aromatic amines is 2.